The normalized spacial score (nSPS) is 14.9. The third kappa shape index (κ3) is 10.2. The fourth-order valence-electron chi connectivity index (χ4n) is 5.97. The molecule has 3 aromatic rings. The SMILES string of the molecule is CCCCNC(=O)N(c1ccc(C(=O)N2CCN(Cc3ccccc3)CC2)cn1)N(CCCC)C(=O)Nc1ccc(C(=O)N2CCNCC2)cn1. The summed E-state index contributed by atoms with van der Waals surface area (Å²) in [6.45, 7) is 11.0. The van der Waals surface area contributed by atoms with Gasteiger partial charge in [-0.1, -0.05) is 57.0 Å². The molecule has 14 heteroatoms. The van der Waals surface area contributed by atoms with Crippen molar-refractivity contribution in [1.82, 2.24) is 40.3 Å². The van der Waals surface area contributed by atoms with Gasteiger partial charge in [-0.25, -0.2) is 24.6 Å². The van der Waals surface area contributed by atoms with E-state index in [9.17, 15) is 19.2 Å². The Morgan fingerprint density at radius 2 is 1.39 bits per heavy atom. The number of carbonyl (C=O) groups is 4. The van der Waals surface area contributed by atoms with E-state index in [4.69, 9.17) is 0 Å². The van der Waals surface area contributed by atoms with Crippen molar-refractivity contribution in [3.05, 3.63) is 83.7 Å². The highest BCUT2D eigenvalue weighted by molar-refractivity contribution is 5.99. The molecule has 2 saturated heterocycles. The van der Waals surface area contributed by atoms with Crippen LogP contribution in [-0.2, 0) is 6.54 Å². The number of anilines is 2. The molecule has 0 radical (unpaired) electrons. The number of unbranched alkanes of at least 4 members (excludes halogenated alkanes) is 2. The number of amides is 6. The number of benzene rings is 1. The molecular formula is C37H50N10O4. The van der Waals surface area contributed by atoms with Gasteiger partial charge in [0.15, 0.2) is 5.82 Å². The number of hydrogen-bond donors (Lipinski definition) is 3. The number of piperazine rings is 2. The van der Waals surface area contributed by atoms with E-state index < -0.39 is 12.1 Å². The lowest BCUT2D eigenvalue weighted by Crippen LogP contribution is -2.56. The molecule has 0 saturated carbocycles. The van der Waals surface area contributed by atoms with Gasteiger partial charge in [0.25, 0.3) is 11.8 Å². The Hall–Kier alpha value is -5.08. The van der Waals surface area contributed by atoms with Crippen LogP contribution < -0.4 is 21.0 Å². The zero-order valence-corrected chi connectivity index (χ0v) is 29.7. The van der Waals surface area contributed by atoms with Gasteiger partial charge in [-0.3, -0.25) is 19.8 Å². The van der Waals surface area contributed by atoms with Gasteiger partial charge in [-0.2, -0.15) is 5.01 Å². The van der Waals surface area contributed by atoms with Crippen molar-refractivity contribution < 1.29 is 19.2 Å². The second-order valence-electron chi connectivity index (χ2n) is 12.7. The minimum atomic E-state index is -0.585. The molecule has 2 aliphatic heterocycles. The van der Waals surface area contributed by atoms with Crippen molar-refractivity contribution in [3.8, 4) is 0 Å². The molecule has 2 fully saturated rings. The van der Waals surface area contributed by atoms with Crippen molar-refractivity contribution in [2.75, 3.05) is 75.8 Å². The van der Waals surface area contributed by atoms with Gasteiger partial charge in [0.1, 0.15) is 5.82 Å². The molecule has 4 heterocycles. The Labute approximate surface area is 300 Å². The van der Waals surface area contributed by atoms with Crippen LogP contribution in [0.4, 0.5) is 21.2 Å². The van der Waals surface area contributed by atoms with Gasteiger partial charge in [-0.05, 0) is 42.7 Å². The molecule has 14 nitrogen and oxygen atoms in total. The van der Waals surface area contributed by atoms with Crippen LogP contribution in [0.5, 0.6) is 0 Å². The maximum absolute atomic E-state index is 13.8. The Balaban J connectivity index is 1.28. The summed E-state index contributed by atoms with van der Waals surface area (Å²) in [6.07, 6.45) is 5.95. The standard InChI is InChI=1S/C37H50N10O4/c1-3-5-16-39-36(50)47(33-15-13-31(27-41-33)35(49)45-24-22-43(23-25-45)28-29-10-8-7-9-11-29)46(19-6-4-2)37(51)42-32-14-12-30(26-40-32)34(48)44-20-17-38-18-21-44/h7-15,26-27,38H,3-6,16-25,28H2,1-2H3,(H,39,50)(H,40,42,51). The van der Waals surface area contributed by atoms with Crippen LogP contribution >= 0.6 is 0 Å². The van der Waals surface area contributed by atoms with E-state index >= 15 is 0 Å². The molecular weight excluding hydrogens is 648 g/mol. The first-order chi connectivity index (χ1) is 24.9. The maximum Gasteiger partial charge on any atom is 0.342 e. The first kappa shape index (κ1) is 37.2. The monoisotopic (exact) mass is 698 g/mol. The third-order valence-corrected chi connectivity index (χ3v) is 8.97. The highest BCUT2D eigenvalue weighted by Gasteiger charge is 2.30. The van der Waals surface area contributed by atoms with E-state index in [0.717, 1.165) is 52.0 Å². The summed E-state index contributed by atoms with van der Waals surface area (Å²) < 4.78 is 0. The van der Waals surface area contributed by atoms with Crippen LogP contribution in [0.25, 0.3) is 0 Å². The molecule has 51 heavy (non-hydrogen) atoms. The van der Waals surface area contributed by atoms with Crippen LogP contribution in [0.3, 0.4) is 0 Å². The van der Waals surface area contributed by atoms with Gasteiger partial charge < -0.3 is 20.4 Å². The zero-order valence-electron chi connectivity index (χ0n) is 29.7. The molecule has 0 aliphatic carbocycles. The summed E-state index contributed by atoms with van der Waals surface area (Å²) in [5.41, 5.74) is 2.09. The smallest absolute Gasteiger partial charge is 0.336 e. The second kappa shape index (κ2) is 18.8. The summed E-state index contributed by atoms with van der Waals surface area (Å²) in [5, 5.41) is 11.5. The fourth-order valence-corrected chi connectivity index (χ4v) is 5.97. The van der Waals surface area contributed by atoms with E-state index in [1.807, 2.05) is 36.9 Å². The zero-order chi connectivity index (χ0) is 36.0. The van der Waals surface area contributed by atoms with E-state index in [-0.39, 0.29) is 30.0 Å². The number of nitrogens with one attached hydrogen (secondary N) is 3. The van der Waals surface area contributed by atoms with Crippen LogP contribution in [0, 0.1) is 0 Å². The predicted molar refractivity (Wildman–Crippen MR) is 196 cm³/mol. The topological polar surface area (TPSA) is 146 Å². The lowest BCUT2D eigenvalue weighted by Gasteiger charge is -2.35. The molecule has 2 aromatic heterocycles. The van der Waals surface area contributed by atoms with Gasteiger partial charge in [-0.15, -0.1) is 0 Å². The van der Waals surface area contributed by atoms with Crippen LogP contribution in [0.1, 0.15) is 65.8 Å². The first-order valence-corrected chi connectivity index (χ1v) is 18.0. The van der Waals surface area contributed by atoms with Crippen LogP contribution in [0.15, 0.2) is 67.0 Å². The van der Waals surface area contributed by atoms with E-state index in [1.165, 1.54) is 28.0 Å². The highest BCUT2D eigenvalue weighted by Crippen LogP contribution is 2.19. The lowest BCUT2D eigenvalue weighted by molar-refractivity contribution is 0.0627. The van der Waals surface area contributed by atoms with E-state index in [0.29, 0.717) is 50.3 Å². The van der Waals surface area contributed by atoms with Gasteiger partial charge >= 0.3 is 12.1 Å². The summed E-state index contributed by atoms with van der Waals surface area (Å²) in [4.78, 5) is 68.7. The van der Waals surface area contributed by atoms with E-state index in [2.05, 4.69) is 43.0 Å². The minimum Gasteiger partial charge on any atom is -0.336 e. The molecule has 0 spiro atoms. The van der Waals surface area contributed by atoms with Crippen molar-refractivity contribution in [2.24, 2.45) is 0 Å². The van der Waals surface area contributed by atoms with Crippen molar-refractivity contribution >= 4 is 35.5 Å². The molecule has 1 aromatic carbocycles. The number of urea groups is 2. The molecule has 272 valence electrons. The molecule has 3 N–H and O–H groups in total. The largest absolute Gasteiger partial charge is 0.342 e. The quantitative estimate of drug-likeness (QED) is 0.190. The van der Waals surface area contributed by atoms with Crippen molar-refractivity contribution in [3.63, 3.8) is 0 Å². The number of rotatable bonds is 12. The Bertz CT molecular complexity index is 1580. The molecule has 6 amide bonds. The predicted octanol–water partition coefficient (Wildman–Crippen LogP) is 4.05. The second-order valence-corrected chi connectivity index (χ2v) is 12.7. The van der Waals surface area contributed by atoms with Crippen LogP contribution in [-0.4, -0.2) is 119 Å². The molecule has 5 rings (SSSR count). The highest BCUT2D eigenvalue weighted by atomic mass is 16.2. The van der Waals surface area contributed by atoms with E-state index in [1.54, 1.807) is 29.2 Å². The summed E-state index contributed by atoms with van der Waals surface area (Å²) >= 11 is 0. The molecule has 2 aliphatic rings. The molecule has 0 bridgehead atoms. The van der Waals surface area contributed by atoms with Crippen molar-refractivity contribution in [2.45, 2.75) is 46.1 Å². The Kier molecular flexibility index (Phi) is 13.7. The number of nitrogens with zero attached hydrogens (tertiary/aromatic N) is 7. The fraction of sp³-hybridized carbons (Fsp3) is 0.459. The maximum atomic E-state index is 13.8. The average Bonchev–Trinajstić information content (AvgIpc) is 3.17. The first-order valence-electron chi connectivity index (χ1n) is 18.0. The average molecular weight is 699 g/mol. The Morgan fingerprint density at radius 1 is 0.745 bits per heavy atom. The van der Waals surface area contributed by atoms with Crippen LogP contribution in [0.2, 0.25) is 0 Å². The number of pyridine rings is 2. The molecule has 0 atom stereocenters. The minimum absolute atomic E-state index is 0.111. The number of carbonyl (C=O) groups excluding carboxylic acids is 4. The Morgan fingerprint density at radius 3 is 2.00 bits per heavy atom. The number of aromatic nitrogens is 2. The third-order valence-electron chi connectivity index (χ3n) is 8.97. The number of hydrogen-bond acceptors (Lipinski definition) is 8. The van der Waals surface area contributed by atoms with Gasteiger partial charge in [0, 0.05) is 84.4 Å². The number of hydrazine groups is 1. The van der Waals surface area contributed by atoms with Gasteiger partial charge in [0.2, 0.25) is 0 Å². The summed E-state index contributed by atoms with van der Waals surface area (Å²) in [7, 11) is 0. The summed E-state index contributed by atoms with van der Waals surface area (Å²) in [6, 6.07) is 15.7. The van der Waals surface area contributed by atoms with Gasteiger partial charge in [0.05, 0.1) is 11.1 Å². The summed E-state index contributed by atoms with van der Waals surface area (Å²) in [5.74, 6) is 0.199. The molecule has 0 unspecified atom stereocenters. The lowest BCUT2D eigenvalue weighted by atomic mass is 10.2. The van der Waals surface area contributed by atoms with Crippen molar-refractivity contribution in [1.29, 1.82) is 0 Å².